The molecule has 0 atom stereocenters. The number of halogens is 2. The van der Waals surface area contributed by atoms with Crippen molar-refractivity contribution in [3.8, 4) is 0 Å². The molecular weight excluding hydrogens is 236 g/mol. The molecule has 0 fully saturated rings. The van der Waals surface area contributed by atoms with Crippen LogP contribution in [0.1, 0.15) is 17.2 Å². The van der Waals surface area contributed by atoms with Crippen LogP contribution in [0.2, 0.25) is 0 Å². The fourth-order valence-corrected chi connectivity index (χ4v) is 1.74. The largest absolute Gasteiger partial charge is 0.360 e. The maximum atomic E-state index is 12.1. The first-order chi connectivity index (χ1) is 8.77. The first-order valence-electron chi connectivity index (χ1n) is 5.56. The number of rotatable bonds is 5. The van der Waals surface area contributed by atoms with E-state index in [4.69, 9.17) is 0 Å². The van der Waals surface area contributed by atoms with E-state index in [1.807, 2.05) is 60.7 Å². The lowest BCUT2D eigenvalue weighted by Crippen LogP contribution is -2.25. The van der Waals surface area contributed by atoms with Crippen molar-refractivity contribution in [2.75, 3.05) is 0 Å². The maximum Gasteiger partial charge on any atom is 0.360 e. The summed E-state index contributed by atoms with van der Waals surface area (Å²) in [6.45, 7) is -2.85. The van der Waals surface area contributed by atoms with E-state index in [2.05, 4.69) is 10.3 Å². The minimum atomic E-state index is -2.85. The first kappa shape index (κ1) is 12.7. The molecule has 0 aliphatic heterocycles. The van der Waals surface area contributed by atoms with Crippen molar-refractivity contribution < 1.29 is 13.6 Å². The monoisotopic (exact) mass is 249 g/mol. The zero-order valence-electron chi connectivity index (χ0n) is 9.59. The fraction of sp³-hybridized carbons (Fsp3) is 0.143. The molecule has 0 unspecified atom stereocenters. The Bertz CT molecular complexity index is 422. The summed E-state index contributed by atoms with van der Waals surface area (Å²) < 4.78 is 24.3. The van der Waals surface area contributed by atoms with Crippen LogP contribution < -0.4 is 5.48 Å². The van der Waals surface area contributed by atoms with Gasteiger partial charge >= 0.3 is 6.61 Å². The quantitative estimate of drug-likeness (QED) is 0.818. The lowest BCUT2D eigenvalue weighted by atomic mass is 10.00. The van der Waals surface area contributed by atoms with E-state index in [-0.39, 0.29) is 0 Å². The van der Waals surface area contributed by atoms with Crippen molar-refractivity contribution in [3.63, 3.8) is 0 Å². The predicted octanol–water partition coefficient (Wildman–Crippen LogP) is 3.52. The van der Waals surface area contributed by atoms with Gasteiger partial charge in [0, 0.05) is 0 Å². The van der Waals surface area contributed by atoms with E-state index in [1.54, 1.807) is 0 Å². The summed E-state index contributed by atoms with van der Waals surface area (Å²) in [5.41, 5.74) is 4.13. The molecule has 0 aliphatic carbocycles. The zero-order chi connectivity index (χ0) is 12.8. The average molecular weight is 249 g/mol. The molecule has 2 aromatic rings. The Kier molecular flexibility index (Phi) is 4.39. The number of benzene rings is 2. The van der Waals surface area contributed by atoms with Gasteiger partial charge in [-0.25, -0.2) is 4.84 Å². The summed E-state index contributed by atoms with van der Waals surface area (Å²) >= 11 is 0. The predicted molar refractivity (Wildman–Crippen MR) is 65.0 cm³/mol. The SMILES string of the molecule is FC(F)ONC(c1ccccc1)c1ccccc1. The number of hydroxylamine groups is 1. The molecule has 0 bridgehead atoms. The van der Waals surface area contributed by atoms with Crippen LogP contribution in [0.5, 0.6) is 0 Å². The Balaban J connectivity index is 2.24. The number of alkyl halides is 2. The van der Waals surface area contributed by atoms with Crippen molar-refractivity contribution in [3.05, 3.63) is 71.8 Å². The van der Waals surface area contributed by atoms with Gasteiger partial charge in [0.25, 0.3) is 0 Å². The third-order valence-electron chi connectivity index (χ3n) is 2.54. The van der Waals surface area contributed by atoms with Crippen LogP contribution >= 0.6 is 0 Å². The Hall–Kier alpha value is -1.78. The van der Waals surface area contributed by atoms with E-state index in [0.717, 1.165) is 11.1 Å². The molecule has 4 heteroatoms. The van der Waals surface area contributed by atoms with E-state index >= 15 is 0 Å². The second-order valence-electron chi connectivity index (χ2n) is 3.75. The second kappa shape index (κ2) is 6.23. The third kappa shape index (κ3) is 3.35. The smallest absolute Gasteiger partial charge is 0.234 e. The molecule has 0 aliphatic rings. The normalized spacial score (nSPS) is 11.1. The number of nitrogens with one attached hydrogen (secondary N) is 1. The van der Waals surface area contributed by atoms with Crippen LogP contribution in [0.3, 0.4) is 0 Å². The van der Waals surface area contributed by atoms with Crippen molar-refractivity contribution in [2.45, 2.75) is 12.7 Å². The highest BCUT2D eigenvalue weighted by molar-refractivity contribution is 5.30. The van der Waals surface area contributed by atoms with Crippen LogP contribution in [-0.2, 0) is 4.84 Å². The topological polar surface area (TPSA) is 21.3 Å². The van der Waals surface area contributed by atoms with E-state index in [9.17, 15) is 8.78 Å². The molecule has 0 aromatic heterocycles. The molecule has 0 heterocycles. The van der Waals surface area contributed by atoms with Crippen LogP contribution in [0.15, 0.2) is 60.7 Å². The van der Waals surface area contributed by atoms with Crippen LogP contribution in [0.25, 0.3) is 0 Å². The van der Waals surface area contributed by atoms with Gasteiger partial charge in [-0.2, -0.15) is 14.3 Å². The highest BCUT2D eigenvalue weighted by Crippen LogP contribution is 2.21. The zero-order valence-corrected chi connectivity index (χ0v) is 9.59. The summed E-state index contributed by atoms with van der Waals surface area (Å²) in [4.78, 5) is 4.23. The van der Waals surface area contributed by atoms with Gasteiger partial charge in [-0.15, -0.1) is 0 Å². The van der Waals surface area contributed by atoms with Crippen molar-refractivity contribution in [2.24, 2.45) is 0 Å². The number of hydrogen-bond donors (Lipinski definition) is 1. The first-order valence-corrected chi connectivity index (χ1v) is 5.56. The van der Waals surface area contributed by atoms with Crippen molar-refractivity contribution in [1.82, 2.24) is 5.48 Å². The van der Waals surface area contributed by atoms with E-state index < -0.39 is 12.7 Å². The maximum absolute atomic E-state index is 12.1. The Morgan fingerprint density at radius 3 is 1.61 bits per heavy atom. The molecule has 2 rings (SSSR count). The average Bonchev–Trinajstić information content (AvgIpc) is 2.41. The van der Waals surface area contributed by atoms with Crippen molar-refractivity contribution in [1.29, 1.82) is 0 Å². The van der Waals surface area contributed by atoms with Gasteiger partial charge in [0.1, 0.15) is 0 Å². The fourth-order valence-electron chi connectivity index (χ4n) is 1.74. The second-order valence-corrected chi connectivity index (χ2v) is 3.75. The van der Waals surface area contributed by atoms with Gasteiger partial charge in [-0.1, -0.05) is 60.7 Å². The minimum Gasteiger partial charge on any atom is -0.234 e. The molecule has 94 valence electrons. The lowest BCUT2D eigenvalue weighted by molar-refractivity contribution is -0.179. The van der Waals surface area contributed by atoms with E-state index in [0.29, 0.717) is 0 Å². The highest BCUT2D eigenvalue weighted by Gasteiger charge is 2.15. The summed E-state index contributed by atoms with van der Waals surface area (Å²) in [5, 5.41) is 0. The molecule has 0 saturated heterocycles. The van der Waals surface area contributed by atoms with Crippen molar-refractivity contribution >= 4 is 0 Å². The Labute approximate surface area is 104 Å². The van der Waals surface area contributed by atoms with E-state index in [1.165, 1.54) is 0 Å². The van der Waals surface area contributed by atoms with Gasteiger partial charge in [0.2, 0.25) is 0 Å². The highest BCUT2D eigenvalue weighted by atomic mass is 19.3. The standard InChI is InChI=1S/C14H13F2NO/c15-14(16)18-17-13(11-7-3-1-4-8-11)12-9-5-2-6-10-12/h1-10,13-14,17H. The molecule has 1 N–H and O–H groups in total. The molecule has 0 saturated carbocycles. The van der Waals surface area contributed by atoms with Gasteiger partial charge in [-0.05, 0) is 11.1 Å². The third-order valence-corrected chi connectivity index (χ3v) is 2.54. The summed E-state index contributed by atoms with van der Waals surface area (Å²) in [7, 11) is 0. The molecule has 0 spiro atoms. The lowest BCUT2D eigenvalue weighted by Gasteiger charge is -2.18. The van der Waals surface area contributed by atoms with Gasteiger partial charge in [0.15, 0.2) is 0 Å². The summed E-state index contributed by atoms with van der Waals surface area (Å²) in [6.07, 6.45) is 0. The Morgan fingerprint density at radius 1 is 0.778 bits per heavy atom. The van der Waals surface area contributed by atoms with Crippen LogP contribution in [-0.4, -0.2) is 6.61 Å². The molecule has 18 heavy (non-hydrogen) atoms. The Morgan fingerprint density at radius 2 is 1.22 bits per heavy atom. The molecule has 2 aromatic carbocycles. The molecule has 0 amide bonds. The minimum absolute atomic E-state index is 0.415. The molecular formula is C14H13F2NO. The summed E-state index contributed by atoms with van der Waals surface area (Å²) in [5.74, 6) is 0. The summed E-state index contributed by atoms with van der Waals surface area (Å²) in [6, 6.07) is 18.2. The van der Waals surface area contributed by atoms with Crippen LogP contribution in [0, 0.1) is 0 Å². The molecule has 2 nitrogen and oxygen atoms in total. The number of hydrogen-bond acceptors (Lipinski definition) is 2. The van der Waals surface area contributed by atoms with Gasteiger partial charge in [-0.3, -0.25) is 0 Å². The van der Waals surface area contributed by atoms with Gasteiger partial charge < -0.3 is 0 Å². The van der Waals surface area contributed by atoms with Gasteiger partial charge in [0.05, 0.1) is 6.04 Å². The van der Waals surface area contributed by atoms with Crippen LogP contribution in [0.4, 0.5) is 8.78 Å². The molecule has 0 radical (unpaired) electrons.